The molecule has 0 saturated carbocycles. The second kappa shape index (κ2) is 10.5. The quantitative estimate of drug-likeness (QED) is 0.721. The topological polar surface area (TPSA) is 85.7 Å². The van der Waals surface area contributed by atoms with Crippen LogP contribution in [0.4, 0.5) is 4.39 Å². The van der Waals surface area contributed by atoms with Crippen molar-refractivity contribution in [3.05, 3.63) is 58.4 Å². The zero-order valence-electron chi connectivity index (χ0n) is 19.7. The maximum absolute atomic E-state index is 14.5. The summed E-state index contributed by atoms with van der Waals surface area (Å²) in [7, 11) is 0. The van der Waals surface area contributed by atoms with Gasteiger partial charge in [0.25, 0.3) is 11.8 Å². The van der Waals surface area contributed by atoms with E-state index in [0.29, 0.717) is 43.9 Å². The minimum Gasteiger partial charge on any atom is -0.368 e. The molecular formula is C26H31FN4O3. The van der Waals surface area contributed by atoms with Crippen molar-refractivity contribution in [2.24, 2.45) is 0 Å². The third-order valence-electron chi connectivity index (χ3n) is 6.91. The van der Waals surface area contributed by atoms with Crippen molar-refractivity contribution in [2.45, 2.75) is 51.3 Å². The van der Waals surface area contributed by atoms with E-state index in [1.807, 2.05) is 24.8 Å². The van der Waals surface area contributed by atoms with Crippen molar-refractivity contribution in [1.82, 2.24) is 15.1 Å². The molecule has 34 heavy (non-hydrogen) atoms. The summed E-state index contributed by atoms with van der Waals surface area (Å²) in [5, 5.41) is 12.0. The highest BCUT2D eigenvalue weighted by molar-refractivity contribution is 5.95. The fourth-order valence-electron chi connectivity index (χ4n) is 4.94. The Morgan fingerprint density at radius 2 is 2.15 bits per heavy atom. The lowest BCUT2D eigenvalue weighted by Gasteiger charge is -2.41. The number of nitriles is 1. The molecule has 0 bridgehead atoms. The maximum Gasteiger partial charge on any atom is 0.252 e. The van der Waals surface area contributed by atoms with Gasteiger partial charge in [-0.25, -0.2) is 4.39 Å². The predicted molar refractivity (Wildman–Crippen MR) is 126 cm³/mol. The number of halogens is 1. The van der Waals surface area contributed by atoms with Crippen LogP contribution in [0.3, 0.4) is 0 Å². The van der Waals surface area contributed by atoms with Gasteiger partial charge < -0.3 is 15.0 Å². The van der Waals surface area contributed by atoms with Crippen molar-refractivity contribution in [1.29, 1.82) is 5.26 Å². The number of piperazine rings is 1. The second-order valence-electron chi connectivity index (χ2n) is 9.34. The molecule has 2 amide bonds. The van der Waals surface area contributed by atoms with Crippen LogP contribution in [0.2, 0.25) is 0 Å². The lowest BCUT2D eigenvalue weighted by Crippen LogP contribution is -2.56. The summed E-state index contributed by atoms with van der Waals surface area (Å²) < 4.78 is 20.1. The Morgan fingerprint density at radius 3 is 2.85 bits per heavy atom. The normalized spacial score (nSPS) is 25.6. The summed E-state index contributed by atoms with van der Waals surface area (Å²) >= 11 is 0. The molecule has 0 aromatic heterocycles. The average molecular weight is 467 g/mol. The molecule has 180 valence electrons. The van der Waals surface area contributed by atoms with Crippen molar-refractivity contribution >= 4 is 11.8 Å². The Morgan fingerprint density at radius 1 is 1.32 bits per heavy atom. The van der Waals surface area contributed by atoms with E-state index in [-0.39, 0.29) is 36.2 Å². The van der Waals surface area contributed by atoms with Crippen LogP contribution in [0, 0.1) is 11.3 Å². The maximum atomic E-state index is 14.5. The molecule has 4 rings (SSSR count). The van der Waals surface area contributed by atoms with Crippen LogP contribution in [0.15, 0.2) is 47.3 Å². The van der Waals surface area contributed by atoms with Gasteiger partial charge in [0.2, 0.25) is 0 Å². The van der Waals surface area contributed by atoms with E-state index in [1.165, 1.54) is 6.07 Å². The van der Waals surface area contributed by atoms with E-state index in [4.69, 9.17) is 10.00 Å². The molecule has 0 radical (unpaired) electrons. The highest BCUT2D eigenvalue weighted by atomic mass is 19.1. The van der Waals surface area contributed by atoms with Gasteiger partial charge in [0, 0.05) is 50.8 Å². The molecule has 1 aromatic carbocycles. The fraction of sp³-hybridized carbons (Fsp3) is 0.500. The Bertz CT molecular complexity index is 1050. The number of rotatable bonds is 5. The molecule has 1 N–H and O–H groups in total. The monoisotopic (exact) mass is 466 g/mol. The molecule has 1 unspecified atom stereocenters. The molecule has 3 aliphatic rings. The number of hydrogen-bond donors (Lipinski definition) is 1. The minimum atomic E-state index is -0.446. The number of benzene rings is 1. The molecule has 2 aliphatic heterocycles. The van der Waals surface area contributed by atoms with Crippen molar-refractivity contribution < 1.29 is 18.7 Å². The second-order valence-corrected chi connectivity index (χ2v) is 9.34. The van der Waals surface area contributed by atoms with Crippen molar-refractivity contribution in [3.8, 4) is 6.07 Å². The first-order chi connectivity index (χ1) is 16.4. The average Bonchev–Trinajstić information content (AvgIpc) is 3.37. The number of carbonyl (C=O) groups excluding carboxylic acids is 2. The van der Waals surface area contributed by atoms with E-state index >= 15 is 0 Å². The molecule has 7 nitrogen and oxygen atoms in total. The third-order valence-corrected chi connectivity index (χ3v) is 6.91. The van der Waals surface area contributed by atoms with E-state index in [2.05, 4.69) is 10.2 Å². The van der Waals surface area contributed by atoms with Crippen LogP contribution in [0.5, 0.6) is 0 Å². The summed E-state index contributed by atoms with van der Waals surface area (Å²) in [6, 6.07) is 8.10. The minimum absolute atomic E-state index is 0.0479. The van der Waals surface area contributed by atoms with Gasteiger partial charge in [0.15, 0.2) is 0 Å². The summed E-state index contributed by atoms with van der Waals surface area (Å²) in [6.07, 6.45) is 3.09. The Labute approximate surface area is 199 Å². The van der Waals surface area contributed by atoms with Crippen LogP contribution in [0.25, 0.3) is 0 Å². The first kappa shape index (κ1) is 24.1. The highest BCUT2D eigenvalue weighted by Crippen LogP contribution is 2.27. The summed E-state index contributed by atoms with van der Waals surface area (Å²) in [5.74, 6) is -0.519. The molecule has 3 atom stereocenters. The van der Waals surface area contributed by atoms with Crippen LogP contribution < -0.4 is 5.32 Å². The Balaban J connectivity index is 1.40. The first-order valence-electron chi connectivity index (χ1n) is 11.9. The molecule has 8 heteroatoms. The van der Waals surface area contributed by atoms with Gasteiger partial charge in [-0.05, 0) is 62.1 Å². The van der Waals surface area contributed by atoms with Crippen LogP contribution >= 0.6 is 0 Å². The van der Waals surface area contributed by atoms with Crippen LogP contribution in [0.1, 0.15) is 49.0 Å². The van der Waals surface area contributed by atoms with Gasteiger partial charge >= 0.3 is 0 Å². The molecule has 2 saturated heterocycles. The number of nitrogens with zero attached hydrogens (tertiary/aromatic N) is 3. The molecule has 2 fully saturated rings. The molecule has 2 heterocycles. The smallest absolute Gasteiger partial charge is 0.252 e. The van der Waals surface area contributed by atoms with Crippen molar-refractivity contribution in [2.75, 3.05) is 32.8 Å². The van der Waals surface area contributed by atoms with Gasteiger partial charge in [-0.15, -0.1) is 0 Å². The number of nitrogens with one attached hydrogen (secondary N) is 1. The number of ether oxygens (including phenoxy) is 1. The van der Waals surface area contributed by atoms with Gasteiger partial charge in [-0.1, -0.05) is 6.07 Å². The fourth-order valence-corrected chi connectivity index (χ4v) is 4.94. The summed E-state index contributed by atoms with van der Waals surface area (Å²) in [6.45, 7) is 7.19. The Kier molecular flexibility index (Phi) is 7.44. The number of carbonyl (C=O) groups is 2. The first-order valence-corrected chi connectivity index (χ1v) is 11.9. The SMILES string of the molecule is CC1=C(CN2CCN(C(=O)[C@H]3CCCO3)[C@@H](C)C2)C=C(F)CC1NC(=O)c1cccc(C#N)c1. The zero-order chi connectivity index (χ0) is 24.2. The van der Waals surface area contributed by atoms with Gasteiger partial charge in [-0.3, -0.25) is 14.5 Å². The van der Waals surface area contributed by atoms with Crippen LogP contribution in [-0.2, 0) is 9.53 Å². The van der Waals surface area contributed by atoms with Crippen LogP contribution in [-0.4, -0.2) is 72.6 Å². The standard InChI is InChI=1S/C26H31FN4O3/c1-17-15-30(8-9-31(17)26(33)24-7-4-10-34-24)16-21-12-22(27)13-23(18(21)2)29-25(32)20-6-3-5-19(11-20)14-28/h3,5-6,11-12,17,23-24H,4,7-10,13,15-16H2,1-2H3,(H,29,32)/t17-,23?,24+/m0/s1. The zero-order valence-corrected chi connectivity index (χ0v) is 19.7. The number of hydrogen-bond acceptors (Lipinski definition) is 5. The molecule has 1 aromatic rings. The largest absolute Gasteiger partial charge is 0.368 e. The molecule has 1 aliphatic carbocycles. The molecule has 0 spiro atoms. The lowest BCUT2D eigenvalue weighted by atomic mass is 9.92. The number of amides is 2. The van der Waals surface area contributed by atoms with Gasteiger partial charge in [0.05, 0.1) is 17.7 Å². The van der Waals surface area contributed by atoms with E-state index in [0.717, 1.165) is 24.0 Å². The van der Waals surface area contributed by atoms with Gasteiger partial charge in [0.1, 0.15) is 11.9 Å². The highest BCUT2D eigenvalue weighted by Gasteiger charge is 2.34. The predicted octanol–water partition coefficient (Wildman–Crippen LogP) is 2.94. The van der Waals surface area contributed by atoms with Gasteiger partial charge in [-0.2, -0.15) is 5.26 Å². The Hall–Kier alpha value is -3.02. The summed E-state index contributed by atoms with van der Waals surface area (Å²) in [4.78, 5) is 29.6. The summed E-state index contributed by atoms with van der Waals surface area (Å²) in [5.41, 5.74) is 2.56. The van der Waals surface area contributed by atoms with E-state index < -0.39 is 6.04 Å². The van der Waals surface area contributed by atoms with E-state index in [1.54, 1.807) is 24.3 Å². The lowest BCUT2D eigenvalue weighted by molar-refractivity contribution is -0.145. The van der Waals surface area contributed by atoms with E-state index in [9.17, 15) is 14.0 Å². The molecular weight excluding hydrogens is 435 g/mol. The van der Waals surface area contributed by atoms with Crippen molar-refractivity contribution in [3.63, 3.8) is 0 Å². The third kappa shape index (κ3) is 5.37.